The molecule has 4 rings (SSSR count). The Bertz CT molecular complexity index is 1180. The number of carbonyl (C=O) groups excluding carboxylic acids is 1. The fourth-order valence-corrected chi connectivity index (χ4v) is 4.37. The van der Waals surface area contributed by atoms with E-state index in [1.54, 1.807) is 25.3 Å². The van der Waals surface area contributed by atoms with Gasteiger partial charge in [-0.25, -0.2) is 23.7 Å². The van der Waals surface area contributed by atoms with Crippen LogP contribution in [0.3, 0.4) is 0 Å². The maximum absolute atomic E-state index is 14.5. The number of carbonyl (C=O) groups is 1. The number of anilines is 2. The van der Waals surface area contributed by atoms with Gasteiger partial charge in [0.15, 0.2) is 0 Å². The minimum absolute atomic E-state index is 0.0662. The first-order chi connectivity index (χ1) is 19.0. The standard InChI is InChI=1S/C17H21F2N5S.C8H8F3N.C2H4O/c1-23(2)12-4-3-7-24(10-12)13-8-14(18)17(15(19)9-13)25-22-16-5-6-20-11-21-16;1-2-6-4-3-5-7(12-6)8(9,10)11;1-2-3/h5-6,8-9,11-12H,3-4,7,10H2,1-2H3,(H,20,21,22);3-5H,2H2,1H3;2H,1H3. The number of nitrogens with one attached hydrogen (secondary N) is 1. The summed E-state index contributed by atoms with van der Waals surface area (Å²) >= 11 is 0.871. The Hall–Kier alpha value is -3.32. The molecule has 0 bridgehead atoms. The summed E-state index contributed by atoms with van der Waals surface area (Å²) in [6, 6.07) is 8.76. The van der Waals surface area contributed by atoms with Crippen LogP contribution >= 0.6 is 11.9 Å². The van der Waals surface area contributed by atoms with E-state index in [9.17, 15) is 22.0 Å². The first kappa shape index (κ1) is 32.9. The van der Waals surface area contributed by atoms with Gasteiger partial charge >= 0.3 is 6.18 Å². The van der Waals surface area contributed by atoms with Gasteiger partial charge in [0, 0.05) is 36.7 Å². The lowest BCUT2D eigenvalue weighted by atomic mass is 10.0. The number of nitrogens with zero attached hydrogens (tertiary/aromatic N) is 5. The number of piperidine rings is 1. The molecular weight excluding hydrogens is 551 g/mol. The van der Waals surface area contributed by atoms with E-state index in [2.05, 4.69) is 24.6 Å². The number of hydrogen-bond donors (Lipinski definition) is 1. The summed E-state index contributed by atoms with van der Waals surface area (Å²) in [6.45, 7) is 4.80. The van der Waals surface area contributed by atoms with Crippen LogP contribution in [0.2, 0.25) is 0 Å². The van der Waals surface area contributed by atoms with Gasteiger partial charge in [0.2, 0.25) is 0 Å². The Morgan fingerprint density at radius 1 is 1.18 bits per heavy atom. The molecule has 0 saturated carbocycles. The van der Waals surface area contributed by atoms with Crippen LogP contribution in [0.25, 0.3) is 0 Å². The minimum atomic E-state index is -4.33. The first-order valence-corrected chi connectivity index (χ1v) is 13.3. The number of hydrogen-bond acceptors (Lipinski definition) is 8. The Balaban J connectivity index is 0.000000312. The molecule has 1 aromatic carbocycles. The number of likely N-dealkylation sites (N-methyl/N-ethyl adjacent to an activating group) is 1. The van der Waals surface area contributed by atoms with Crippen molar-refractivity contribution >= 4 is 29.7 Å². The van der Waals surface area contributed by atoms with Crippen LogP contribution in [-0.2, 0) is 17.4 Å². The van der Waals surface area contributed by atoms with Crippen molar-refractivity contribution in [2.75, 3.05) is 36.8 Å². The van der Waals surface area contributed by atoms with Gasteiger partial charge in [0.05, 0.1) is 0 Å². The lowest BCUT2D eigenvalue weighted by molar-refractivity contribution is -0.141. The van der Waals surface area contributed by atoms with Crippen LogP contribution in [-0.4, -0.2) is 59.4 Å². The highest BCUT2D eigenvalue weighted by molar-refractivity contribution is 8.00. The lowest BCUT2D eigenvalue weighted by Crippen LogP contribution is -2.45. The van der Waals surface area contributed by atoms with E-state index in [0.717, 1.165) is 50.2 Å². The second-order valence-electron chi connectivity index (χ2n) is 8.84. The van der Waals surface area contributed by atoms with Gasteiger partial charge in [-0.15, -0.1) is 0 Å². The monoisotopic (exact) mass is 584 g/mol. The van der Waals surface area contributed by atoms with Crippen LogP contribution in [0.1, 0.15) is 38.1 Å². The molecule has 7 nitrogen and oxygen atoms in total. The number of aldehydes is 1. The van der Waals surface area contributed by atoms with Crippen molar-refractivity contribution in [2.24, 2.45) is 0 Å². The van der Waals surface area contributed by atoms with E-state index >= 15 is 0 Å². The molecule has 0 spiro atoms. The van der Waals surface area contributed by atoms with Crippen molar-refractivity contribution in [3.05, 3.63) is 71.9 Å². The molecule has 1 unspecified atom stereocenters. The zero-order chi connectivity index (χ0) is 29.7. The highest BCUT2D eigenvalue weighted by Crippen LogP contribution is 2.31. The Morgan fingerprint density at radius 3 is 2.40 bits per heavy atom. The molecule has 1 atom stereocenters. The molecule has 3 heterocycles. The summed E-state index contributed by atoms with van der Waals surface area (Å²) in [7, 11) is 4.07. The van der Waals surface area contributed by atoms with Crippen LogP contribution in [0.15, 0.2) is 53.8 Å². The highest BCUT2D eigenvalue weighted by atomic mass is 32.2. The Labute approximate surface area is 235 Å². The fraction of sp³-hybridized carbons (Fsp3) is 0.407. The van der Waals surface area contributed by atoms with E-state index in [0.29, 0.717) is 29.7 Å². The second kappa shape index (κ2) is 16.1. The minimum Gasteiger partial charge on any atom is -0.370 e. The Morgan fingerprint density at radius 2 is 1.85 bits per heavy atom. The molecule has 0 aliphatic carbocycles. The molecule has 1 aliphatic rings. The van der Waals surface area contributed by atoms with Crippen molar-refractivity contribution in [2.45, 2.75) is 50.2 Å². The highest BCUT2D eigenvalue weighted by Gasteiger charge is 2.32. The van der Waals surface area contributed by atoms with E-state index in [-0.39, 0.29) is 4.90 Å². The van der Waals surface area contributed by atoms with Gasteiger partial charge < -0.3 is 19.3 Å². The summed E-state index contributed by atoms with van der Waals surface area (Å²) in [5.74, 6) is -0.658. The zero-order valence-corrected chi connectivity index (χ0v) is 23.6. The number of alkyl halides is 3. The van der Waals surface area contributed by atoms with Gasteiger partial charge in [0.1, 0.15) is 40.7 Å². The van der Waals surface area contributed by atoms with Gasteiger partial charge in [-0.2, -0.15) is 13.2 Å². The molecule has 1 aliphatic heterocycles. The quantitative estimate of drug-likeness (QED) is 0.206. The predicted molar refractivity (Wildman–Crippen MR) is 147 cm³/mol. The van der Waals surface area contributed by atoms with Crippen LogP contribution in [0.5, 0.6) is 0 Å². The first-order valence-electron chi connectivity index (χ1n) is 12.5. The average Bonchev–Trinajstić information content (AvgIpc) is 2.93. The Kier molecular flexibility index (Phi) is 13.2. The fourth-order valence-electron chi connectivity index (χ4n) is 3.73. The van der Waals surface area contributed by atoms with Crippen molar-refractivity contribution in [1.29, 1.82) is 0 Å². The number of aryl methyl sites for hydroxylation is 1. The predicted octanol–water partition coefficient (Wildman–Crippen LogP) is 6.27. The van der Waals surface area contributed by atoms with Crippen molar-refractivity contribution < 1.29 is 26.7 Å². The van der Waals surface area contributed by atoms with Gasteiger partial charge in [-0.3, -0.25) is 0 Å². The van der Waals surface area contributed by atoms with Crippen molar-refractivity contribution in [1.82, 2.24) is 19.9 Å². The zero-order valence-electron chi connectivity index (χ0n) is 22.8. The summed E-state index contributed by atoms with van der Waals surface area (Å²) in [5.41, 5.74) is 0.236. The summed E-state index contributed by atoms with van der Waals surface area (Å²) in [6.07, 6.45) is 1.98. The maximum atomic E-state index is 14.5. The lowest BCUT2D eigenvalue weighted by Gasteiger charge is -2.37. The molecule has 13 heteroatoms. The molecule has 218 valence electrons. The molecule has 40 heavy (non-hydrogen) atoms. The van der Waals surface area contributed by atoms with Crippen molar-refractivity contribution in [3.8, 4) is 0 Å². The molecule has 1 N–H and O–H groups in total. The normalized spacial score (nSPS) is 14.9. The van der Waals surface area contributed by atoms with Crippen LogP contribution in [0, 0.1) is 11.6 Å². The van der Waals surface area contributed by atoms with Crippen molar-refractivity contribution in [3.63, 3.8) is 0 Å². The molecule has 0 radical (unpaired) electrons. The molecule has 3 aromatic rings. The number of rotatable bonds is 6. The van der Waals surface area contributed by atoms with Crippen LogP contribution in [0.4, 0.5) is 33.5 Å². The summed E-state index contributed by atoms with van der Waals surface area (Å²) < 4.78 is 67.9. The van der Waals surface area contributed by atoms with E-state index in [4.69, 9.17) is 4.79 Å². The van der Waals surface area contributed by atoms with E-state index < -0.39 is 23.5 Å². The maximum Gasteiger partial charge on any atom is 0.433 e. The SMILES string of the molecule is CC=O.CCc1cccc(C(F)(F)F)n1.CN(C)C1CCCN(c2cc(F)c(SNc3ccncn3)c(F)c2)C1. The van der Waals surface area contributed by atoms with Gasteiger partial charge in [-0.1, -0.05) is 13.0 Å². The van der Waals surface area contributed by atoms with E-state index in [1.165, 1.54) is 31.5 Å². The summed E-state index contributed by atoms with van der Waals surface area (Å²) in [5, 5.41) is 0. The summed E-state index contributed by atoms with van der Waals surface area (Å²) in [4.78, 5) is 24.2. The smallest absolute Gasteiger partial charge is 0.370 e. The number of pyridine rings is 1. The third-order valence-corrected chi connectivity index (χ3v) is 6.68. The molecule has 0 amide bonds. The number of aromatic nitrogens is 3. The molecular formula is C27H33F5N6OS. The largest absolute Gasteiger partial charge is 0.433 e. The van der Waals surface area contributed by atoms with Gasteiger partial charge in [-0.05, 0) is 82.6 Å². The number of halogens is 5. The molecule has 2 aromatic heterocycles. The van der Waals surface area contributed by atoms with E-state index in [1.807, 2.05) is 19.0 Å². The topological polar surface area (TPSA) is 74.2 Å². The third-order valence-electron chi connectivity index (χ3n) is 5.77. The average molecular weight is 585 g/mol. The molecule has 1 saturated heterocycles. The third kappa shape index (κ3) is 10.3. The second-order valence-corrected chi connectivity index (χ2v) is 9.66. The van der Waals surface area contributed by atoms with Gasteiger partial charge in [0.25, 0.3) is 0 Å². The molecule has 1 fully saturated rings. The van der Waals surface area contributed by atoms with Crippen LogP contribution < -0.4 is 9.62 Å². The number of benzene rings is 1.